The molecule has 0 fully saturated rings. The quantitative estimate of drug-likeness (QED) is 0.447. The van der Waals surface area contributed by atoms with E-state index in [1.807, 2.05) is 48.5 Å². The fraction of sp³-hybridized carbons (Fsp3) is 0.154. The molecular formula is C26H21ClN4O3. The zero-order chi connectivity index (χ0) is 23.7. The van der Waals surface area contributed by atoms with Gasteiger partial charge in [-0.25, -0.2) is 14.8 Å². The summed E-state index contributed by atoms with van der Waals surface area (Å²) in [7, 11) is 0. The fourth-order valence-corrected chi connectivity index (χ4v) is 4.40. The van der Waals surface area contributed by atoms with Gasteiger partial charge in [0, 0.05) is 18.4 Å². The van der Waals surface area contributed by atoms with Crippen LogP contribution in [0.15, 0.2) is 72.8 Å². The molecular weight excluding hydrogens is 452 g/mol. The van der Waals surface area contributed by atoms with Gasteiger partial charge in [0.25, 0.3) is 5.91 Å². The molecule has 8 heteroatoms. The van der Waals surface area contributed by atoms with Crippen molar-refractivity contribution in [2.45, 2.75) is 25.6 Å². The van der Waals surface area contributed by atoms with E-state index in [1.165, 1.54) is 4.90 Å². The largest absolute Gasteiger partial charge is 0.456 e. The summed E-state index contributed by atoms with van der Waals surface area (Å²) in [5.41, 5.74) is 9.03. The van der Waals surface area contributed by atoms with E-state index in [9.17, 15) is 9.59 Å². The van der Waals surface area contributed by atoms with E-state index in [-0.39, 0.29) is 19.1 Å². The molecule has 1 aromatic heterocycles. The lowest BCUT2D eigenvalue weighted by molar-refractivity contribution is -0.151. The molecule has 0 unspecified atom stereocenters. The van der Waals surface area contributed by atoms with Crippen LogP contribution in [-0.4, -0.2) is 32.8 Å². The Hall–Kier alpha value is -3.97. The monoisotopic (exact) mass is 472 g/mol. The molecule has 1 atom stereocenters. The van der Waals surface area contributed by atoms with E-state index in [2.05, 4.69) is 9.97 Å². The first-order valence-corrected chi connectivity index (χ1v) is 11.2. The normalized spacial score (nSPS) is 15.1. The first-order valence-electron chi connectivity index (χ1n) is 10.8. The second kappa shape index (κ2) is 9.11. The third kappa shape index (κ3) is 4.18. The number of nitrogens with zero attached hydrogens (tertiary/aromatic N) is 3. The first-order chi connectivity index (χ1) is 16.5. The van der Waals surface area contributed by atoms with Gasteiger partial charge in [0.05, 0.1) is 16.1 Å². The first kappa shape index (κ1) is 21.9. The summed E-state index contributed by atoms with van der Waals surface area (Å²) in [5, 5.41) is 1.07. The number of para-hydroxylation sites is 1. The maximum atomic E-state index is 13.4. The molecule has 1 amide bonds. The minimum Gasteiger partial charge on any atom is -0.456 e. The highest BCUT2D eigenvalue weighted by Gasteiger charge is 2.36. The van der Waals surface area contributed by atoms with Gasteiger partial charge in [0.2, 0.25) is 0 Å². The van der Waals surface area contributed by atoms with Gasteiger partial charge in [-0.15, -0.1) is 0 Å². The van der Waals surface area contributed by atoms with Gasteiger partial charge in [-0.05, 0) is 35.4 Å². The van der Waals surface area contributed by atoms with Gasteiger partial charge in [-0.3, -0.25) is 4.79 Å². The number of aromatic nitrogens is 2. The van der Waals surface area contributed by atoms with Crippen molar-refractivity contribution < 1.29 is 14.3 Å². The van der Waals surface area contributed by atoms with Gasteiger partial charge in [0.1, 0.15) is 11.9 Å². The number of amides is 1. The number of fused-ring (bicyclic) bond motifs is 2. The average molecular weight is 473 g/mol. The van der Waals surface area contributed by atoms with Gasteiger partial charge >= 0.3 is 5.97 Å². The Kier molecular flexibility index (Phi) is 5.86. The zero-order valence-electron chi connectivity index (χ0n) is 18.1. The highest BCUT2D eigenvalue weighted by molar-refractivity contribution is 6.33. The molecule has 3 aromatic carbocycles. The third-order valence-corrected chi connectivity index (χ3v) is 6.24. The number of rotatable bonds is 4. The van der Waals surface area contributed by atoms with E-state index in [1.54, 1.807) is 24.3 Å². The predicted molar refractivity (Wildman–Crippen MR) is 129 cm³/mol. The van der Waals surface area contributed by atoms with Crippen molar-refractivity contribution in [2.24, 2.45) is 0 Å². The van der Waals surface area contributed by atoms with Crippen LogP contribution < -0.4 is 5.73 Å². The van der Waals surface area contributed by atoms with Crippen LogP contribution in [-0.2, 0) is 29.1 Å². The highest BCUT2D eigenvalue weighted by atomic mass is 35.5. The second-order valence-electron chi connectivity index (χ2n) is 8.05. The summed E-state index contributed by atoms with van der Waals surface area (Å²) < 4.78 is 5.59. The molecule has 0 saturated heterocycles. The van der Waals surface area contributed by atoms with Crippen LogP contribution >= 0.6 is 11.6 Å². The fourth-order valence-electron chi connectivity index (χ4n) is 4.18. The Balaban J connectivity index is 1.41. The lowest BCUT2D eigenvalue weighted by atomic mass is 9.93. The van der Waals surface area contributed by atoms with Crippen LogP contribution in [0.2, 0.25) is 5.02 Å². The molecule has 2 heterocycles. The van der Waals surface area contributed by atoms with Gasteiger partial charge in [0.15, 0.2) is 12.4 Å². The van der Waals surface area contributed by atoms with Crippen LogP contribution in [0.4, 0.5) is 5.82 Å². The number of benzene rings is 3. The third-order valence-electron chi connectivity index (χ3n) is 5.91. The SMILES string of the molecule is Nc1nc(COC(=O)[C@H]2Cc3ccccc3CN2C(=O)c2ccccc2Cl)nc2ccccc12. The molecule has 0 saturated carbocycles. The molecule has 1 aliphatic rings. The van der Waals surface area contributed by atoms with Crippen molar-refractivity contribution >= 4 is 40.2 Å². The number of carbonyl (C=O) groups excluding carboxylic acids is 2. The molecule has 1 aliphatic heterocycles. The Bertz CT molecular complexity index is 1410. The molecule has 2 N–H and O–H groups in total. The number of anilines is 1. The molecule has 0 bridgehead atoms. The number of carbonyl (C=O) groups is 2. The minimum absolute atomic E-state index is 0.153. The van der Waals surface area contributed by atoms with Gasteiger partial charge in [-0.2, -0.15) is 0 Å². The summed E-state index contributed by atoms with van der Waals surface area (Å²) in [5.74, 6) is -0.248. The number of hydrogen-bond acceptors (Lipinski definition) is 6. The van der Waals surface area contributed by atoms with Crippen molar-refractivity contribution in [3.63, 3.8) is 0 Å². The molecule has 0 radical (unpaired) electrons. The number of halogens is 1. The Labute approximate surface area is 201 Å². The molecule has 5 rings (SSSR count). The summed E-state index contributed by atoms with van der Waals surface area (Å²) >= 11 is 6.28. The van der Waals surface area contributed by atoms with Crippen LogP contribution in [0.1, 0.15) is 27.3 Å². The molecule has 4 aromatic rings. The van der Waals surface area contributed by atoms with Crippen LogP contribution in [0, 0.1) is 0 Å². The molecule has 7 nitrogen and oxygen atoms in total. The lowest BCUT2D eigenvalue weighted by Gasteiger charge is -2.35. The van der Waals surface area contributed by atoms with E-state index < -0.39 is 12.0 Å². The minimum atomic E-state index is -0.809. The Morgan fingerprint density at radius 3 is 2.50 bits per heavy atom. The van der Waals surface area contributed by atoms with Gasteiger partial charge in [-0.1, -0.05) is 60.1 Å². The smallest absolute Gasteiger partial charge is 0.329 e. The summed E-state index contributed by atoms with van der Waals surface area (Å²) in [6.45, 7) is 0.125. The number of nitrogen functional groups attached to an aromatic ring is 1. The van der Waals surface area contributed by atoms with E-state index >= 15 is 0 Å². The molecule has 0 spiro atoms. The molecule has 170 valence electrons. The van der Waals surface area contributed by atoms with Crippen molar-refractivity contribution in [1.29, 1.82) is 0 Å². The van der Waals surface area contributed by atoms with E-state index in [0.29, 0.717) is 34.2 Å². The predicted octanol–water partition coefficient (Wildman–Crippen LogP) is 4.18. The molecule has 0 aliphatic carbocycles. The summed E-state index contributed by atoms with van der Waals surface area (Å²) in [4.78, 5) is 36.8. The summed E-state index contributed by atoms with van der Waals surface area (Å²) in [6.07, 6.45) is 0.339. The summed E-state index contributed by atoms with van der Waals surface area (Å²) in [6, 6.07) is 21.1. The topological polar surface area (TPSA) is 98.4 Å². The number of hydrogen-bond donors (Lipinski definition) is 1. The lowest BCUT2D eigenvalue weighted by Crippen LogP contribution is -2.49. The van der Waals surface area contributed by atoms with Crippen molar-refractivity contribution in [2.75, 3.05) is 5.73 Å². The van der Waals surface area contributed by atoms with Crippen LogP contribution in [0.5, 0.6) is 0 Å². The number of nitrogens with two attached hydrogens (primary N) is 1. The standard InChI is InChI=1S/C26H21ClN4O3/c27-20-11-5-3-9-18(20)25(32)31-14-17-8-2-1-7-16(17)13-22(31)26(33)34-15-23-29-21-12-6-4-10-19(21)24(28)30-23/h1-12,22H,13-15H2,(H2,28,29,30)/t22-/m1/s1. The van der Waals surface area contributed by atoms with Crippen LogP contribution in [0.3, 0.4) is 0 Å². The maximum Gasteiger partial charge on any atom is 0.329 e. The van der Waals surface area contributed by atoms with Gasteiger partial charge < -0.3 is 15.4 Å². The highest BCUT2D eigenvalue weighted by Crippen LogP contribution is 2.28. The van der Waals surface area contributed by atoms with Crippen molar-refractivity contribution in [3.05, 3.63) is 100 Å². The second-order valence-corrected chi connectivity index (χ2v) is 8.46. The van der Waals surface area contributed by atoms with Crippen LogP contribution in [0.25, 0.3) is 10.9 Å². The Morgan fingerprint density at radius 1 is 0.971 bits per heavy atom. The van der Waals surface area contributed by atoms with E-state index in [4.69, 9.17) is 22.1 Å². The van der Waals surface area contributed by atoms with Crippen molar-refractivity contribution in [3.8, 4) is 0 Å². The van der Waals surface area contributed by atoms with Crippen molar-refractivity contribution in [1.82, 2.24) is 14.9 Å². The average Bonchev–Trinajstić information content (AvgIpc) is 2.86. The molecule has 34 heavy (non-hydrogen) atoms. The number of ether oxygens (including phenoxy) is 1. The van der Waals surface area contributed by atoms with E-state index in [0.717, 1.165) is 16.5 Å². The number of esters is 1. The Morgan fingerprint density at radius 2 is 1.68 bits per heavy atom. The zero-order valence-corrected chi connectivity index (χ0v) is 18.9. The maximum absolute atomic E-state index is 13.4.